The van der Waals surface area contributed by atoms with Crippen LogP contribution in [0.2, 0.25) is 0 Å². The van der Waals surface area contributed by atoms with Crippen LogP contribution in [0.1, 0.15) is 36.9 Å². The fraction of sp³-hybridized carbons (Fsp3) is 0.524. The summed E-state index contributed by atoms with van der Waals surface area (Å²) in [6.07, 6.45) is -0.365. The topological polar surface area (TPSA) is 70.3 Å². The minimum atomic E-state index is -4.53. The Labute approximate surface area is 174 Å². The van der Waals surface area contributed by atoms with Gasteiger partial charge in [-0.2, -0.15) is 18.2 Å². The molecule has 2 fully saturated rings. The fourth-order valence-electron chi connectivity index (χ4n) is 4.17. The van der Waals surface area contributed by atoms with Gasteiger partial charge in [-0.05, 0) is 43.4 Å². The summed E-state index contributed by atoms with van der Waals surface area (Å²) in [7, 11) is 0. The summed E-state index contributed by atoms with van der Waals surface area (Å²) in [6, 6.07) is 9.94. The number of nitrogens with two attached hydrogens (primary N) is 1. The summed E-state index contributed by atoms with van der Waals surface area (Å²) < 4.78 is 39.0. The van der Waals surface area contributed by atoms with Crippen LogP contribution in [0.25, 0.3) is 0 Å². The Bertz CT molecular complexity index is 858. The molecule has 0 aliphatic carbocycles. The van der Waals surface area contributed by atoms with E-state index in [9.17, 15) is 13.2 Å². The molecule has 1 aromatic heterocycles. The Kier molecular flexibility index (Phi) is 5.99. The number of nitrogens with zero attached hydrogens (tertiary/aromatic N) is 4. The first-order chi connectivity index (χ1) is 14.4. The van der Waals surface area contributed by atoms with E-state index in [0.29, 0.717) is 19.1 Å². The quantitative estimate of drug-likeness (QED) is 0.772. The molecule has 9 heteroatoms. The third-order valence-electron chi connectivity index (χ3n) is 5.82. The van der Waals surface area contributed by atoms with Gasteiger partial charge >= 0.3 is 6.18 Å². The van der Waals surface area contributed by atoms with E-state index in [1.807, 2.05) is 4.90 Å². The van der Waals surface area contributed by atoms with E-state index in [0.717, 1.165) is 38.5 Å². The molecule has 30 heavy (non-hydrogen) atoms. The molecular formula is C21H27F3N6. The zero-order valence-corrected chi connectivity index (χ0v) is 16.8. The van der Waals surface area contributed by atoms with Gasteiger partial charge in [0.2, 0.25) is 5.95 Å². The normalized spacial score (nSPS) is 18.2. The molecule has 3 N–H and O–H groups in total. The van der Waals surface area contributed by atoms with Gasteiger partial charge in [0, 0.05) is 50.5 Å². The largest absolute Gasteiger partial charge is 0.433 e. The first kappa shape index (κ1) is 20.7. The predicted octanol–water partition coefficient (Wildman–Crippen LogP) is 3.44. The van der Waals surface area contributed by atoms with Crippen LogP contribution in [0.3, 0.4) is 0 Å². The van der Waals surface area contributed by atoms with Crippen LogP contribution in [-0.4, -0.2) is 42.2 Å². The summed E-state index contributed by atoms with van der Waals surface area (Å²) in [5, 5.41) is 3.59. The van der Waals surface area contributed by atoms with Crippen molar-refractivity contribution in [3.63, 3.8) is 0 Å². The van der Waals surface area contributed by atoms with Crippen LogP contribution in [0.5, 0.6) is 0 Å². The molecule has 3 heterocycles. The van der Waals surface area contributed by atoms with Crippen LogP contribution in [0.15, 0.2) is 30.3 Å². The second-order valence-corrected chi connectivity index (χ2v) is 7.97. The van der Waals surface area contributed by atoms with Crippen LogP contribution in [0, 0.1) is 0 Å². The van der Waals surface area contributed by atoms with Crippen molar-refractivity contribution in [2.24, 2.45) is 0 Å². The second-order valence-electron chi connectivity index (χ2n) is 7.97. The maximum Gasteiger partial charge on any atom is 0.433 e. The fourth-order valence-corrected chi connectivity index (χ4v) is 4.17. The molecule has 4 rings (SSSR count). The third kappa shape index (κ3) is 4.95. The first-order valence-electron chi connectivity index (χ1n) is 10.4. The molecule has 162 valence electrons. The minimum Gasteiger partial charge on any atom is -0.372 e. The number of halogens is 3. The molecule has 0 radical (unpaired) electrons. The Hall–Kier alpha value is -2.55. The number of nitrogens with one attached hydrogen (secondary N) is 1. The monoisotopic (exact) mass is 420 g/mol. The predicted molar refractivity (Wildman–Crippen MR) is 111 cm³/mol. The molecule has 0 spiro atoms. The molecule has 0 saturated carbocycles. The van der Waals surface area contributed by atoms with Crippen LogP contribution in [0.4, 0.5) is 30.6 Å². The highest BCUT2D eigenvalue weighted by Gasteiger charge is 2.34. The number of hydrogen-bond acceptors (Lipinski definition) is 6. The zero-order chi connectivity index (χ0) is 21.1. The lowest BCUT2D eigenvalue weighted by Gasteiger charge is -2.33. The van der Waals surface area contributed by atoms with E-state index in [-0.39, 0.29) is 11.8 Å². The van der Waals surface area contributed by atoms with Crippen LogP contribution >= 0.6 is 0 Å². The average molecular weight is 420 g/mol. The van der Waals surface area contributed by atoms with Crippen molar-refractivity contribution in [2.75, 3.05) is 41.7 Å². The lowest BCUT2D eigenvalue weighted by molar-refractivity contribution is -0.141. The zero-order valence-electron chi connectivity index (χ0n) is 16.8. The summed E-state index contributed by atoms with van der Waals surface area (Å²) in [5.74, 6) is -0.107. The van der Waals surface area contributed by atoms with Crippen molar-refractivity contribution in [3.05, 3.63) is 41.6 Å². The third-order valence-corrected chi connectivity index (χ3v) is 5.82. The standard InChI is InChI=1S/C21H27F3N6/c22-21(23,24)18-13-19(28-20(25)27-18)30-10-6-16(7-11-30)26-14-15-4-3-5-17(12-15)29-8-1-2-9-29/h3-5,12-13,16,26H,1-2,6-11,14H2,(H2,25,27,28). The molecule has 0 unspecified atom stereocenters. The molecule has 0 amide bonds. The molecule has 0 bridgehead atoms. The highest BCUT2D eigenvalue weighted by Crippen LogP contribution is 2.31. The van der Waals surface area contributed by atoms with Crippen LogP contribution < -0.4 is 20.9 Å². The lowest BCUT2D eigenvalue weighted by atomic mass is 10.0. The van der Waals surface area contributed by atoms with Gasteiger partial charge in [0.1, 0.15) is 5.82 Å². The summed E-state index contributed by atoms with van der Waals surface area (Å²) in [5.41, 5.74) is 7.03. The van der Waals surface area contributed by atoms with Gasteiger partial charge < -0.3 is 20.9 Å². The molecule has 2 aromatic rings. The molecular weight excluding hydrogens is 393 g/mol. The molecule has 2 aliphatic rings. The first-order valence-corrected chi connectivity index (χ1v) is 10.4. The van der Waals surface area contributed by atoms with Gasteiger partial charge in [-0.3, -0.25) is 0 Å². The maximum atomic E-state index is 13.0. The molecule has 0 atom stereocenters. The highest BCUT2D eigenvalue weighted by atomic mass is 19.4. The van der Waals surface area contributed by atoms with Crippen LogP contribution in [-0.2, 0) is 12.7 Å². The summed E-state index contributed by atoms with van der Waals surface area (Å²) in [6.45, 7) is 4.28. The van der Waals surface area contributed by atoms with Crippen molar-refractivity contribution < 1.29 is 13.2 Å². The highest BCUT2D eigenvalue weighted by molar-refractivity contribution is 5.49. The van der Waals surface area contributed by atoms with E-state index >= 15 is 0 Å². The molecule has 2 saturated heterocycles. The van der Waals surface area contributed by atoms with Crippen molar-refractivity contribution in [1.29, 1.82) is 0 Å². The number of alkyl halides is 3. The Morgan fingerprint density at radius 2 is 1.73 bits per heavy atom. The minimum absolute atomic E-state index is 0.242. The van der Waals surface area contributed by atoms with E-state index in [2.05, 4.69) is 44.5 Å². The van der Waals surface area contributed by atoms with Crippen molar-refractivity contribution in [1.82, 2.24) is 15.3 Å². The summed E-state index contributed by atoms with van der Waals surface area (Å²) >= 11 is 0. The number of aromatic nitrogens is 2. The second kappa shape index (κ2) is 8.67. The van der Waals surface area contributed by atoms with Gasteiger partial charge in [-0.15, -0.1) is 0 Å². The van der Waals surface area contributed by atoms with E-state index in [1.165, 1.54) is 24.1 Å². The van der Waals surface area contributed by atoms with Gasteiger partial charge in [0.05, 0.1) is 0 Å². The Balaban J connectivity index is 1.31. The van der Waals surface area contributed by atoms with Gasteiger partial charge in [-0.25, -0.2) is 4.98 Å². The SMILES string of the molecule is Nc1nc(N2CCC(NCc3cccc(N4CCCC4)c3)CC2)cc(C(F)(F)F)n1. The number of benzene rings is 1. The summed E-state index contributed by atoms with van der Waals surface area (Å²) in [4.78, 5) is 11.6. The van der Waals surface area contributed by atoms with Gasteiger partial charge in [-0.1, -0.05) is 12.1 Å². The van der Waals surface area contributed by atoms with E-state index in [4.69, 9.17) is 5.73 Å². The average Bonchev–Trinajstić information content (AvgIpc) is 3.27. The van der Waals surface area contributed by atoms with Crippen molar-refractivity contribution >= 4 is 17.5 Å². The van der Waals surface area contributed by atoms with E-state index < -0.39 is 11.9 Å². The number of anilines is 3. The van der Waals surface area contributed by atoms with Gasteiger partial charge in [0.15, 0.2) is 5.69 Å². The van der Waals surface area contributed by atoms with Crippen molar-refractivity contribution in [3.8, 4) is 0 Å². The number of piperidine rings is 1. The lowest BCUT2D eigenvalue weighted by Crippen LogP contribution is -2.42. The molecule has 6 nitrogen and oxygen atoms in total. The number of rotatable bonds is 5. The number of nitrogen functional groups attached to an aromatic ring is 1. The smallest absolute Gasteiger partial charge is 0.372 e. The maximum absolute atomic E-state index is 13.0. The molecule has 1 aromatic carbocycles. The van der Waals surface area contributed by atoms with Gasteiger partial charge in [0.25, 0.3) is 0 Å². The Morgan fingerprint density at radius 1 is 1.00 bits per heavy atom. The van der Waals surface area contributed by atoms with E-state index in [1.54, 1.807) is 0 Å². The van der Waals surface area contributed by atoms with Crippen molar-refractivity contribution in [2.45, 2.75) is 44.4 Å². The Morgan fingerprint density at radius 3 is 2.43 bits per heavy atom. The number of hydrogen-bond donors (Lipinski definition) is 2. The molecule has 2 aliphatic heterocycles.